The predicted octanol–water partition coefficient (Wildman–Crippen LogP) is 7.33. The Balaban J connectivity index is 1.99. The predicted molar refractivity (Wildman–Crippen MR) is 107 cm³/mol. The lowest BCUT2D eigenvalue weighted by atomic mass is 9.93. The van der Waals surface area contributed by atoms with Gasteiger partial charge in [0.1, 0.15) is 17.2 Å². The quantitative estimate of drug-likeness (QED) is 0.394. The molecule has 0 spiro atoms. The van der Waals surface area contributed by atoms with Gasteiger partial charge in [-0.3, -0.25) is 0 Å². The van der Waals surface area contributed by atoms with Crippen molar-refractivity contribution >= 4 is 10.8 Å². The van der Waals surface area contributed by atoms with Crippen molar-refractivity contribution in [2.75, 3.05) is 0 Å². The number of rotatable bonds is 3. The van der Waals surface area contributed by atoms with Crippen LogP contribution in [0.5, 0.6) is 17.2 Å². The second-order valence-corrected chi connectivity index (χ2v) is 6.80. The number of ether oxygens (including phenoxy) is 1. The van der Waals surface area contributed by atoms with Gasteiger partial charge in [0.05, 0.1) is 5.56 Å². The average Bonchev–Trinajstić information content (AvgIpc) is 2.68. The summed E-state index contributed by atoms with van der Waals surface area (Å²) in [5, 5.41) is 11.3. The van der Waals surface area contributed by atoms with Crippen molar-refractivity contribution in [3.05, 3.63) is 90.0 Å². The normalized spacial score (nSPS) is 11.6. The summed E-state index contributed by atoms with van der Waals surface area (Å²) in [6.07, 6.45) is -4.44. The maximum Gasteiger partial charge on any atom is 0.416 e. The summed E-state index contributed by atoms with van der Waals surface area (Å²) in [6.45, 7) is 1.82. The van der Waals surface area contributed by atoms with E-state index in [-0.39, 0.29) is 5.75 Å². The van der Waals surface area contributed by atoms with Crippen molar-refractivity contribution in [1.29, 1.82) is 0 Å². The molecule has 0 radical (unpaired) electrons. The fraction of sp³-hybridized carbons (Fsp3) is 0.0833. The van der Waals surface area contributed by atoms with Crippen LogP contribution in [0, 0.1) is 6.92 Å². The molecule has 0 aliphatic carbocycles. The van der Waals surface area contributed by atoms with Crippen LogP contribution >= 0.6 is 0 Å². The van der Waals surface area contributed by atoms with E-state index >= 15 is 0 Å². The minimum absolute atomic E-state index is 0.106. The smallest absolute Gasteiger partial charge is 0.416 e. The summed E-state index contributed by atoms with van der Waals surface area (Å²) >= 11 is 0. The first kappa shape index (κ1) is 18.9. The van der Waals surface area contributed by atoms with Gasteiger partial charge in [-0.25, -0.2) is 0 Å². The van der Waals surface area contributed by atoms with Gasteiger partial charge in [-0.15, -0.1) is 0 Å². The fourth-order valence-electron chi connectivity index (χ4n) is 3.42. The molecule has 0 saturated heterocycles. The second kappa shape index (κ2) is 7.17. The van der Waals surface area contributed by atoms with Gasteiger partial charge in [-0.05, 0) is 65.9 Å². The van der Waals surface area contributed by atoms with Crippen LogP contribution in [-0.4, -0.2) is 5.11 Å². The van der Waals surface area contributed by atoms with Gasteiger partial charge in [0.2, 0.25) is 0 Å². The van der Waals surface area contributed by atoms with Gasteiger partial charge >= 0.3 is 6.18 Å². The van der Waals surface area contributed by atoms with Crippen LogP contribution < -0.4 is 4.74 Å². The third-order valence-corrected chi connectivity index (χ3v) is 4.71. The lowest BCUT2D eigenvalue weighted by Gasteiger charge is -2.18. The molecule has 146 valence electrons. The number of para-hydroxylation sites is 1. The van der Waals surface area contributed by atoms with E-state index < -0.39 is 11.7 Å². The molecule has 0 aromatic heterocycles. The molecule has 0 aliphatic heterocycles. The minimum atomic E-state index is -4.44. The van der Waals surface area contributed by atoms with Gasteiger partial charge in [-0.1, -0.05) is 36.4 Å². The molecule has 0 unspecified atom stereocenters. The van der Waals surface area contributed by atoms with E-state index in [2.05, 4.69) is 0 Å². The topological polar surface area (TPSA) is 29.5 Å². The van der Waals surface area contributed by atoms with E-state index in [0.29, 0.717) is 28.0 Å². The van der Waals surface area contributed by atoms with Gasteiger partial charge < -0.3 is 9.84 Å². The molecule has 5 heteroatoms. The van der Waals surface area contributed by atoms with Crippen LogP contribution in [0.15, 0.2) is 78.9 Å². The van der Waals surface area contributed by atoms with Crippen LogP contribution in [0.3, 0.4) is 0 Å². The van der Waals surface area contributed by atoms with E-state index in [9.17, 15) is 18.3 Å². The molecule has 0 fully saturated rings. The summed E-state index contributed by atoms with van der Waals surface area (Å²) in [5.41, 5.74) is 1.02. The Morgan fingerprint density at radius 1 is 0.828 bits per heavy atom. The number of aromatic hydroxyl groups is 1. The molecule has 0 aliphatic rings. The zero-order chi connectivity index (χ0) is 20.6. The molecule has 4 rings (SSSR count). The van der Waals surface area contributed by atoms with Gasteiger partial charge in [-0.2, -0.15) is 13.2 Å². The van der Waals surface area contributed by atoms with Crippen molar-refractivity contribution in [3.8, 4) is 28.4 Å². The van der Waals surface area contributed by atoms with E-state index in [1.165, 1.54) is 12.1 Å². The number of fused-ring (bicyclic) bond motifs is 1. The molecule has 4 aromatic rings. The highest BCUT2D eigenvalue weighted by Gasteiger charge is 2.31. The Morgan fingerprint density at radius 3 is 2.31 bits per heavy atom. The molecule has 2 nitrogen and oxygen atoms in total. The number of alkyl halides is 3. The number of benzene rings is 4. The SMILES string of the molecule is Cc1cc2cc(O)ccc2c(Oc2ccccc2)c1-c1cccc(C(F)(F)F)c1. The Labute approximate surface area is 165 Å². The third-order valence-electron chi connectivity index (χ3n) is 4.71. The molecule has 0 saturated carbocycles. The van der Waals surface area contributed by atoms with E-state index in [4.69, 9.17) is 4.74 Å². The average molecular weight is 394 g/mol. The first-order valence-electron chi connectivity index (χ1n) is 9.00. The molecule has 0 heterocycles. The molecule has 0 bridgehead atoms. The highest BCUT2D eigenvalue weighted by atomic mass is 19.4. The minimum Gasteiger partial charge on any atom is -0.508 e. The van der Waals surface area contributed by atoms with Crippen molar-refractivity contribution in [2.45, 2.75) is 13.1 Å². The Bertz CT molecular complexity index is 1180. The molecule has 4 aromatic carbocycles. The Morgan fingerprint density at radius 2 is 1.59 bits per heavy atom. The lowest BCUT2D eigenvalue weighted by Crippen LogP contribution is -2.04. The second-order valence-electron chi connectivity index (χ2n) is 6.80. The van der Waals surface area contributed by atoms with Gasteiger partial charge in [0.15, 0.2) is 0 Å². The molecular formula is C24H17F3O2. The maximum atomic E-state index is 13.3. The van der Waals surface area contributed by atoms with Crippen LogP contribution in [0.1, 0.15) is 11.1 Å². The molecule has 1 N–H and O–H groups in total. The molecule has 29 heavy (non-hydrogen) atoms. The van der Waals surface area contributed by atoms with E-state index in [0.717, 1.165) is 23.1 Å². The highest BCUT2D eigenvalue weighted by molar-refractivity contribution is 5.97. The highest BCUT2D eigenvalue weighted by Crippen LogP contribution is 2.44. The summed E-state index contributed by atoms with van der Waals surface area (Å²) in [5.74, 6) is 1.13. The summed E-state index contributed by atoms with van der Waals surface area (Å²) in [4.78, 5) is 0. The van der Waals surface area contributed by atoms with Crippen LogP contribution in [0.25, 0.3) is 21.9 Å². The standard InChI is InChI=1S/C24H17F3O2/c1-15-12-17-14-19(28)10-11-21(17)23(29-20-8-3-2-4-9-20)22(15)16-6-5-7-18(13-16)24(25,26)27/h2-14,28H,1H3. The Hall–Kier alpha value is -3.47. The first-order valence-corrected chi connectivity index (χ1v) is 9.00. The molecule has 0 amide bonds. The third kappa shape index (κ3) is 3.76. The van der Waals surface area contributed by atoms with Crippen LogP contribution in [0.2, 0.25) is 0 Å². The number of phenols is 1. The lowest BCUT2D eigenvalue weighted by molar-refractivity contribution is -0.137. The fourth-order valence-corrected chi connectivity index (χ4v) is 3.42. The zero-order valence-electron chi connectivity index (χ0n) is 15.5. The van der Waals surface area contributed by atoms with Crippen molar-refractivity contribution in [1.82, 2.24) is 0 Å². The summed E-state index contributed by atoms with van der Waals surface area (Å²) < 4.78 is 46.0. The van der Waals surface area contributed by atoms with Crippen molar-refractivity contribution < 1.29 is 23.0 Å². The summed E-state index contributed by atoms with van der Waals surface area (Å²) in [7, 11) is 0. The van der Waals surface area contributed by atoms with E-state index in [1.807, 2.05) is 31.2 Å². The number of aryl methyl sites for hydroxylation is 1. The number of hydrogen-bond donors (Lipinski definition) is 1. The van der Waals surface area contributed by atoms with Crippen molar-refractivity contribution in [2.24, 2.45) is 0 Å². The van der Waals surface area contributed by atoms with Gasteiger partial charge in [0, 0.05) is 10.9 Å². The number of hydrogen-bond acceptors (Lipinski definition) is 2. The number of halogens is 3. The molecule has 0 atom stereocenters. The maximum absolute atomic E-state index is 13.3. The largest absolute Gasteiger partial charge is 0.508 e. The monoisotopic (exact) mass is 394 g/mol. The zero-order valence-corrected chi connectivity index (χ0v) is 15.5. The number of phenolic OH excluding ortho intramolecular Hbond substituents is 1. The molecular weight excluding hydrogens is 377 g/mol. The summed E-state index contributed by atoms with van der Waals surface area (Å²) in [6, 6.07) is 21.0. The van der Waals surface area contributed by atoms with Crippen LogP contribution in [0.4, 0.5) is 13.2 Å². The Kier molecular flexibility index (Phi) is 4.66. The van der Waals surface area contributed by atoms with Crippen molar-refractivity contribution in [3.63, 3.8) is 0 Å². The van der Waals surface area contributed by atoms with Gasteiger partial charge in [0.25, 0.3) is 0 Å². The first-order chi connectivity index (χ1) is 13.8. The van der Waals surface area contributed by atoms with E-state index in [1.54, 1.807) is 30.3 Å². The van der Waals surface area contributed by atoms with Crippen LogP contribution in [-0.2, 0) is 6.18 Å².